The summed E-state index contributed by atoms with van der Waals surface area (Å²) in [5.74, 6) is 1.54. The van der Waals surface area contributed by atoms with E-state index in [4.69, 9.17) is 14.5 Å². The summed E-state index contributed by atoms with van der Waals surface area (Å²) in [5.41, 5.74) is 3.75. The number of amides is 1. The van der Waals surface area contributed by atoms with E-state index in [1.54, 1.807) is 0 Å². The maximum absolute atomic E-state index is 12.3. The topological polar surface area (TPSA) is 68.6 Å². The molecule has 1 aliphatic rings. The number of anilines is 1. The number of fused-ring (bicyclic) bond motifs is 1. The summed E-state index contributed by atoms with van der Waals surface area (Å²) < 4.78 is 13.1. The number of morpholine rings is 1. The number of hydrogen-bond donors (Lipinski definition) is 1. The van der Waals surface area contributed by atoms with Crippen LogP contribution in [0.25, 0.3) is 11.0 Å². The number of imidazole rings is 1. The van der Waals surface area contributed by atoms with Crippen LogP contribution < -0.4 is 10.1 Å². The van der Waals surface area contributed by atoms with Gasteiger partial charge in [0, 0.05) is 38.8 Å². The zero-order valence-corrected chi connectivity index (χ0v) is 17.6. The van der Waals surface area contributed by atoms with E-state index in [9.17, 15) is 4.79 Å². The van der Waals surface area contributed by atoms with Crippen LogP contribution in [-0.4, -0.2) is 59.8 Å². The number of benzene rings is 2. The van der Waals surface area contributed by atoms with E-state index in [0.29, 0.717) is 5.75 Å². The molecule has 2 aromatic carbocycles. The quantitative estimate of drug-likeness (QED) is 0.651. The standard InChI is InChI=1S/C23H28N4O3/c1-17-4-3-5-19(14-17)30-16-23(28)24-18-6-7-21-20(15-18)25-22(26(21)2)8-9-27-10-12-29-13-11-27/h3-7,14-15H,8-13,16H2,1-2H3,(H,24,28). The third kappa shape index (κ3) is 4.98. The highest BCUT2D eigenvalue weighted by Crippen LogP contribution is 2.20. The minimum Gasteiger partial charge on any atom is -0.484 e. The maximum Gasteiger partial charge on any atom is 0.262 e. The number of carbonyl (C=O) groups excluding carboxylic acids is 1. The molecule has 3 aromatic rings. The van der Waals surface area contributed by atoms with Crippen LogP contribution in [-0.2, 0) is 23.0 Å². The lowest BCUT2D eigenvalue weighted by atomic mass is 10.2. The highest BCUT2D eigenvalue weighted by Gasteiger charge is 2.14. The molecule has 7 nitrogen and oxygen atoms in total. The molecule has 1 amide bonds. The molecule has 2 heterocycles. The molecule has 0 radical (unpaired) electrons. The molecule has 0 spiro atoms. The number of aryl methyl sites for hydroxylation is 2. The molecule has 1 N–H and O–H groups in total. The second-order valence-corrected chi connectivity index (χ2v) is 7.65. The fourth-order valence-electron chi connectivity index (χ4n) is 3.69. The van der Waals surface area contributed by atoms with E-state index in [2.05, 4.69) is 14.8 Å². The summed E-state index contributed by atoms with van der Waals surface area (Å²) in [7, 11) is 2.04. The van der Waals surface area contributed by atoms with Gasteiger partial charge >= 0.3 is 0 Å². The zero-order valence-electron chi connectivity index (χ0n) is 17.6. The van der Waals surface area contributed by atoms with Crippen molar-refractivity contribution in [1.82, 2.24) is 14.5 Å². The van der Waals surface area contributed by atoms with E-state index in [0.717, 1.165) is 67.4 Å². The van der Waals surface area contributed by atoms with Crippen molar-refractivity contribution in [2.45, 2.75) is 13.3 Å². The number of nitrogens with zero attached hydrogens (tertiary/aromatic N) is 3. The molecule has 0 aliphatic carbocycles. The van der Waals surface area contributed by atoms with Gasteiger partial charge in [0.05, 0.1) is 24.2 Å². The second kappa shape index (κ2) is 9.28. The Morgan fingerprint density at radius 3 is 2.83 bits per heavy atom. The summed E-state index contributed by atoms with van der Waals surface area (Å²) in [6, 6.07) is 13.5. The molecule has 0 unspecified atom stereocenters. The van der Waals surface area contributed by atoms with Gasteiger partial charge < -0.3 is 19.4 Å². The number of aromatic nitrogens is 2. The van der Waals surface area contributed by atoms with Crippen molar-refractivity contribution in [3.05, 3.63) is 53.9 Å². The summed E-state index contributed by atoms with van der Waals surface area (Å²) in [5, 5.41) is 2.90. The predicted molar refractivity (Wildman–Crippen MR) is 117 cm³/mol. The molecular formula is C23H28N4O3. The minimum absolute atomic E-state index is 0.0332. The lowest BCUT2D eigenvalue weighted by molar-refractivity contribution is -0.118. The van der Waals surface area contributed by atoms with Gasteiger partial charge in [0.2, 0.25) is 0 Å². The minimum atomic E-state index is -0.195. The van der Waals surface area contributed by atoms with Gasteiger partial charge in [0.15, 0.2) is 6.61 Å². The van der Waals surface area contributed by atoms with Crippen LogP contribution in [0.5, 0.6) is 5.75 Å². The lowest BCUT2D eigenvalue weighted by Gasteiger charge is -2.26. The van der Waals surface area contributed by atoms with E-state index >= 15 is 0 Å². The Balaban J connectivity index is 1.37. The van der Waals surface area contributed by atoms with Crippen molar-refractivity contribution in [3.63, 3.8) is 0 Å². The Hall–Kier alpha value is -2.90. The summed E-state index contributed by atoms with van der Waals surface area (Å²) in [6.07, 6.45) is 0.886. The molecule has 1 aliphatic heterocycles. The van der Waals surface area contributed by atoms with E-state index in [1.807, 2.05) is 56.4 Å². The number of carbonyl (C=O) groups is 1. The average Bonchev–Trinajstić information content (AvgIpc) is 3.06. The molecule has 4 rings (SSSR count). The normalized spacial score (nSPS) is 14.7. The van der Waals surface area contributed by atoms with E-state index in [-0.39, 0.29) is 12.5 Å². The van der Waals surface area contributed by atoms with Crippen LogP contribution in [0, 0.1) is 6.92 Å². The first-order valence-corrected chi connectivity index (χ1v) is 10.3. The predicted octanol–water partition coefficient (Wildman–Crippen LogP) is 2.77. The number of hydrogen-bond acceptors (Lipinski definition) is 5. The largest absolute Gasteiger partial charge is 0.484 e. The maximum atomic E-state index is 12.3. The summed E-state index contributed by atoms with van der Waals surface area (Å²) in [6.45, 7) is 6.49. The molecule has 1 aromatic heterocycles. The van der Waals surface area contributed by atoms with Gasteiger partial charge in [0.25, 0.3) is 5.91 Å². The van der Waals surface area contributed by atoms with Crippen LogP contribution in [0.1, 0.15) is 11.4 Å². The molecule has 0 atom stereocenters. The van der Waals surface area contributed by atoms with Gasteiger partial charge in [-0.05, 0) is 42.8 Å². The highest BCUT2D eigenvalue weighted by molar-refractivity contribution is 5.94. The third-order valence-electron chi connectivity index (χ3n) is 5.37. The Kier molecular flexibility index (Phi) is 6.30. The lowest BCUT2D eigenvalue weighted by Crippen LogP contribution is -2.37. The van der Waals surface area contributed by atoms with Crippen LogP contribution in [0.4, 0.5) is 5.69 Å². The van der Waals surface area contributed by atoms with Crippen LogP contribution in [0.2, 0.25) is 0 Å². The van der Waals surface area contributed by atoms with Gasteiger partial charge in [-0.15, -0.1) is 0 Å². The Bertz CT molecular complexity index is 1020. The highest BCUT2D eigenvalue weighted by atomic mass is 16.5. The molecule has 0 bridgehead atoms. The smallest absolute Gasteiger partial charge is 0.262 e. The molecule has 158 valence electrons. The van der Waals surface area contributed by atoms with E-state index in [1.165, 1.54) is 0 Å². The van der Waals surface area contributed by atoms with Crippen LogP contribution >= 0.6 is 0 Å². The molecule has 1 fully saturated rings. The zero-order chi connectivity index (χ0) is 20.9. The SMILES string of the molecule is Cc1cccc(OCC(=O)Nc2ccc3c(c2)nc(CCN2CCOCC2)n3C)c1. The average molecular weight is 409 g/mol. The van der Waals surface area contributed by atoms with Crippen LogP contribution in [0.3, 0.4) is 0 Å². The van der Waals surface area contributed by atoms with Gasteiger partial charge in [-0.2, -0.15) is 0 Å². The molecule has 30 heavy (non-hydrogen) atoms. The van der Waals surface area contributed by atoms with Gasteiger partial charge in [-0.3, -0.25) is 9.69 Å². The molecular weight excluding hydrogens is 380 g/mol. The van der Waals surface area contributed by atoms with Crippen molar-refractivity contribution in [1.29, 1.82) is 0 Å². The van der Waals surface area contributed by atoms with Gasteiger partial charge in [-0.1, -0.05) is 12.1 Å². The summed E-state index contributed by atoms with van der Waals surface area (Å²) >= 11 is 0. The number of ether oxygens (including phenoxy) is 2. The Morgan fingerprint density at radius 2 is 2.03 bits per heavy atom. The fourth-order valence-corrected chi connectivity index (χ4v) is 3.69. The van der Waals surface area contributed by atoms with Gasteiger partial charge in [-0.25, -0.2) is 4.98 Å². The van der Waals surface area contributed by atoms with E-state index < -0.39 is 0 Å². The summed E-state index contributed by atoms with van der Waals surface area (Å²) in [4.78, 5) is 19.5. The Morgan fingerprint density at radius 1 is 1.20 bits per heavy atom. The monoisotopic (exact) mass is 408 g/mol. The number of nitrogens with one attached hydrogen (secondary N) is 1. The molecule has 1 saturated heterocycles. The van der Waals surface area contributed by atoms with Crippen molar-refractivity contribution in [2.75, 3.05) is 44.8 Å². The molecule has 0 saturated carbocycles. The second-order valence-electron chi connectivity index (χ2n) is 7.65. The van der Waals surface area contributed by atoms with Crippen molar-refractivity contribution < 1.29 is 14.3 Å². The Labute approximate surface area is 176 Å². The van der Waals surface area contributed by atoms with Crippen molar-refractivity contribution in [2.24, 2.45) is 7.05 Å². The van der Waals surface area contributed by atoms with Crippen molar-refractivity contribution in [3.8, 4) is 5.75 Å². The first-order valence-electron chi connectivity index (χ1n) is 10.3. The first-order chi connectivity index (χ1) is 14.6. The fraction of sp³-hybridized carbons (Fsp3) is 0.391. The van der Waals surface area contributed by atoms with Crippen LogP contribution in [0.15, 0.2) is 42.5 Å². The van der Waals surface area contributed by atoms with Crippen molar-refractivity contribution >= 4 is 22.6 Å². The third-order valence-corrected chi connectivity index (χ3v) is 5.37. The number of rotatable bonds is 7. The van der Waals surface area contributed by atoms with Gasteiger partial charge in [0.1, 0.15) is 11.6 Å². The first kappa shape index (κ1) is 20.4. The molecule has 7 heteroatoms.